The van der Waals surface area contributed by atoms with Crippen molar-refractivity contribution in [3.63, 3.8) is 0 Å². The van der Waals surface area contributed by atoms with E-state index in [0.717, 1.165) is 16.7 Å². The number of aliphatic hydroxyl groups is 1. The molecule has 0 saturated carbocycles. The second-order valence-electron chi connectivity index (χ2n) is 4.24. The Balaban J connectivity index is 2.00. The first kappa shape index (κ1) is 11.7. The van der Waals surface area contributed by atoms with Gasteiger partial charge in [-0.1, -0.05) is 42.5 Å². The van der Waals surface area contributed by atoms with E-state index in [9.17, 15) is 0 Å². The highest BCUT2D eigenvalue weighted by Crippen LogP contribution is 2.25. The van der Waals surface area contributed by atoms with Gasteiger partial charge in [0, 0.05) is 5.56 Å². The Bertz CT molecular complexity index is 674. The van der Waals surface area contributed by atoms with Crippen molar-refractivity contribution in [2.75, 3.05) is 0 Å². The van der Waals surface area contributed by atoms with E-state index in [0.29, 0.717) is 11.7 Å². The molecule has 2 aromatic carbocycles. The quantitative estimate of drug-likeness (QED) is 0.775. The van der Waals surface area contributed by atoms with Crippen molar-refractivity contribution in [2.24, 2.45) is 0 Å². The van der Waals surface area contributed by atoms with Crippen molar-refractivity contribution in [2.45, 2.75) is 6.61 Å². The van der Waals surface area contributed by atoms with Crippen LogP contribution in [0.4, 0.5) is 0 Å². The number of benzene rings is 2. The molecule has 0 atom stereocenters. The zero-order valence-corrected chi connectivity index (χ0v) is 10.3. The number of aromatic nitrogens is 1. The molecule has 0 fully saturated rings. The molecule has 0 aliphatic heterocycles. The minimum atomic E-state index is -0.134. The normalized spacial score (nSPS) is 10.6. The molecular formula is C16H13NO2. The molecule has 0 saturated heterocycles. The van der Waals surface area contributed by atoms with Gasteiger partial charge in [0.2, 0.25) is 5.89 Å². The summed E-state index contributed by atoms with van der Waals surface area (Å²) in [5.74, 6) is 1.00. The number of rotatable bonds is 3. The van der Waals surface area contributed by atoms with Gasteiger partial charge < -0.3 is 9.52 Å². The average molecular weight is 251 g/mol. The molecule has 3 rings (SSSR count). The molecule has 0 aliphatic rings. The van der Waals surface area contributed by atoms with Gasteiger partial charge in [0.25, 0.3) is 0 Å². The van der Waals surface area contributed by atoms with E-state index >= 15 is 0 Å². The molecule has 19 heavy (non-hydrogen) atoms. The van der Waals surface area contributed by atoms with Gasteiger partial charge in [-0.25, -0.2) is 4.98 Å². The third-order valence-electron chi connectivity index (χ3n) is 2.93. The van der Waals surface area contributed by atoms with Gasteiger partial charge in [-0.15, -0.1) is 0 Å². The largest absolute Gasteiger partial charge is 0.439 e. The fourth-order valence-electron chi connectivity index (χ4n) is 1.98. The summed E-state index contributed by atoms with van der Waals surface area (Å²) in [6.45, 7) is -0.134. The number of nitrogens with zero attached hydrogens (tertiary/aromatic N) is 1. The van der Waals surface area contributed by atoms with Crippen molar-refractivity contribution in [1.82, 2.24) is 4.98 Å². The van der Waals surface area contributed by atoms with E-state index in [1.807, 2.05) is 36.4 Å². The third kappa shape index (κ3) is 2.41. The zero-order valence-electron chi connectivity index (χ0n) is 10.3. The van der Waals surface area contributed by atoms with Gasteiger partial charge in [0.15, 0.2) is 0 Å². The maximum Gasteiger partial charge on any atom is 0.226 e. The van der Waals surface area contributed by atoms with Crippen molar-refractivity contribution in [1.29, 1.82) is 0 Å². The topological polar surface area (TPSA) is 46.3 Å². The van der Waals surface area contributed by atoms with E-state index < -0.39 is 0 Å². The van der Waals surface area contributed by atoms with Gasteiger partial charge in [0.1, 0.15) is 12.4 Å². The van der Waals surface area contributed by atoms with Crippen molar-refractivity contribution in [3.05, 3.63) is 66.6 Å². The van der Waals surface area contributed by atoms with Crippen LogP contribution in [0.3, 0.4) is 0 Å². The summed E-state index contributed by atoms with van der Waals surface area (Å²) >= 11 is 0. The lowest BCUT2D eigenvalue weighted by Crippen LogP contribution is -1.81. The van der Waals surface area contributed by atoms with Crippen LogP contribution in [0.15, 0.2) is 65.2 Å². The van der Waals surface area contributed by atoms with Gasteiger partial charge in [-0.05, 0) is 23.3 Å². The molecule has 3 heteroatoms. The summed E-state index contributed by atoms with van der Waals surface area (Å²) in [6.07, 6.45) is 1.55. The van der Waals surface area contributed by atoms with Crippen LogP contribution >= 0.6 is 0 Å². The highest BCUT2D eigenvalue weighted by atomic mass is 16.4. The first-order valence-corrected chi connectivity index (χ1v) is 6.08. The summed E-state index contributed by atoms with van der Waals surface area (Å²) in [4.78, 5) is 4.17. The number of hydrogen-bond acceptors (Lipinski definition) is 3. The summed E-state index contributed by atoms with van der Waals surface area (Å²) in [5, 5.41) is 9.00. The molecule has 3 nitrogen and oxygen atoms in total. The van der Waals surface area contributed by atoms with Crippen molar-refractivity contribution >= 4 is 0 Å². The smallest absolute Gasteiger partial charge is 0.226 e. The van der Waals surface area contributed by atoms with Crippen LogP contribution in [0.25, 0.3) is 22.6 Å². The van der Waals surface area contributed by atoms with Crippen LogP contribution in [-0.2, 0) is 6.61 Å². The van der Waals surface area contributed by atoms with Crippen LogP contribution < -0.4 is 0 Å². The van der Waals surface area contributed by atoms with Crippen molar-refractivity contribution < 1.29 is 9.52 Å². The molecular weight excluding hydrogens is 238 g/mol. The second-order valence-corrected chi connectivity index (χ2v) is 4.24. The van der Waals surface area contributed by atoms with Gasteiger partial charge in [-0.3, -0.25) is 0 Å². The summed E-state index contributed by atoms with van der Waals surface area (Å²) in [7, 11) is 0. The molecule has 1 N–H and O–H groups in total. The van der Waals surface area contributed by atoms with Crippen LogP contribution in [-0.4, -0.2) is 10.1 Å². The lowest BCUT2D eigenvalue weighted by atomic mass is 10.0. The third-order valence-corrected chi connectivity index (χ3v) is 2.93. The maximum atomic E-state index is 9.00. The average Bonchev–Trinajstić information content (AvgIpc) is 2.97. The van der Waals surface area contributed by atoms with E-state index in [1.54, 1.807) is 6.20 Å². The standard InChI is InChI=1S/C16H13NO2/c18-11-15-10-17-16(19-15)14-8-4-7-13(9-14)12-5-2-1-3-6-12/h1-10,18H,11H2. The van der Waals surface area contributed by atoms with Gasteiger partial charge in [-0.2, -0.15) is 0 Å². The lowest BCUT2D eigenvalue weighted by Gasteiger charge is -2.03. The molecule has 94 valence electrons. The highest BCUT2D eigenvalue weighted by Gasteiger charge is 2.07. The number of oxazole rings is 1. The Labute approximate surface area is 111 Å². The van der Waals surface area contributed by atoms with Crippen LogP contribution in [0.2, 0.25) is 0 Å². The molecule has 0 unspecified atom stereocenters. The molecule has 0 spiro atoms. The molecule has 0 radical (unpaired) electrons. The molecule has 1 heterocycles. The van der Waals surface area contributed by atoms with Crippen molar-refractivity contribution in [3.8, 4) is 22.6 Å². The van der Waals surface area contributed by atoms with Crippen LogP contribution in [0.1, 0.15) is 5.76 Å². The fraction of sp³-hybridized carbons (Fsp3) is 0.0625. The summed E-state index contributed by atoms with van der Waals surface area (Å²) in [6, 6.07) is 18.1. The molecule has 0 bridgehead atoms. The predicted molar refractivity (Wildman–Crippen MR) is 73.3 cm³/mol. The second kappa shape index (κ2) is 5.08. The molecule has 0 aliphatic carbocycles. The first-order chi connectivity index (χ1) is 9.36. The minimum Gasteiger partial charge on any atom is -0.439 e. The monoisotopic (exact) mass is 251 g/mol. The predicted octanol–water partition coefficient (Wildman–Crippen LogP) is 3.50. The van der Waals surface area contributed by atoms with Crippen LogP contribution in [0.5, 0.6) is 0 Å². The molecule has 3 aromatic rings. The zero-order chi connectivity index (χ0) is 13.1. The summed E-state index contributed by atoms with van der Waals surface area (Å²) < 4.78 is 5.45. The van der Waals surface area contributed by atoms with E-state index in [4.69, 9.17) is 9.52 Å². The molecule has 0 amide bonds. The molecule has 1 aromatic heterocycles. The van der Waals surface area contributed by atoms with E-state index in [2.05, 4.69) is 23.2 Å². The highest BCUT2D eigenvalue weighted by molar-refractivity contribution is 5.69. The fourth-order valence-corrected chi connectivity index (χ4v) is 1.98. The van der Waals surface area contributed by atoms with E-state index in [1.165, 1.54) is 0 Å². The Morgan fingerprint density at radius 2 is 1.63 bits per heavy atom. The number of hydrogen-bond donors (Lipinski definition) is 1. The summed E-state index contributed by atoms with van der Waals surface area (Å²) in [5.41, 5.74) is 3.17. The SMILES string of the molecule is OCc1cnc(-c2cccc(-c3ccccc3)c2)o1. The Morgan fingerprint density at radius 3 is 2.37 bits per heavy atom. The first-order valence-electron chi connectivity index (χ1n) is 6.08. The number of aliphatic hydroxyl groups excluding tert-OH is 1. The minimum absolute atomic E-state index is 0.134. The van der Waals surface area contributed by atoms with Crippen LogP contribution in [0, 0.1) is 0 Å². The Hall–Kier alpha value is -2.39. The van der Waals surface area contributed by atoms with Gasteiger partial charge in [0.05, 0.1) is 6.20 Å². The Morgan fingerprint density at radius 1 is 0.895 bits per heavy atom. The maximum absolute atomic E-state index is 9.00. The van der Waals surface area contributed by atoms with E-state index in [-0.39, 0.29) is 6.61 Å². The van der Waals surface area contributed by atoms with Gasteiger partial charge >= 0.3 is 0 Å². The Kier molecular flexibility index (Phi) is 3.12. The lowest BCUT2D eigenvalue weighted by molar-refractivity contribution is 0.248.